The van der Waals surface area contributed by atoms with E-state index in [4.69, 9.17) is 0 Å². The van der Waals surface area contributed by atoms with Gasteiger partial charge >= 0.3 is 0 Å². The first-order valence-corrected chi connectivity index (χ1v) is 10.5. The van der Waals surface area contributed by atoms with Crippen LogP contribution < -0.4 is 5.32 Å². The highest BCUT2D eigenvalue weighted by atomic mass is 16.2. The Kier molecular flexibility index (Phi) is 5.00. The van der Waals surface area contributed by atoms with E-state index in [9.17, 15) is 4.79 Å². The summed E-state index contributed by atoms with van der Waals surface area (Å²) in [6, 6.07) is 24.2. The number of carbonyl (C=O) groups excluding carboxylic acids is 1. The Balaban J connectivity index is 1.68. The van der Waals surface area contributed by atoms with Crippen LogP contribution in [0.2, 0.25) is 0 Å². The fraction of sp³-hybridized carbons (Fsp3) is 0.0741. The maximum atomic E-state index is 12.8. The minimum atomic E-state index is -0.444. The number of nitrogens with zero attached hydrogens (tertiary/aromatic N) is 3. The van der Waals surface area contributed by atoms with Crippen LogP contribution in [0.1, 0.15) is 27.2 Å². The smallest absolute Gasteiger partial charge is 0.270 e. The number of hydrogen-bond acceptors (Lipinski definition) is 4. The average Bonchev–Trinajstić information content (AvgIpc) is 3.22. The van der Waals surface area contributed by atoms with Gasteiger partial charge in [0.05, 0.1) is 5.69 Å². The average molecular weight is 419 g/mol. The van der Waals surface area contributed by atoms with Crippen molar-refractivity contribution in [1.29, 1.82) is 0 Å². The third kappa shape index (κ3) is 3.34. The maximum Gasteiger partial charge on any atom is 0.270 e. The molecule has 0 fully saturated rings. The molecule has 32 heavy (non-hydrogen) atoms. The van der Waals surface area contributed by atoms with E-state index in [0.29, 0.717) is 12.2 Å². The van der Waals surface area contributed by atoms with Crippen LogP contribution in [-0.2, 0) is 11.8 Å². The SMILES string of the molecule is C=CC(=O)n1nc(Nc2ccccc2)c2c1CC(c1ccccc1)(c1ccncc1)C=C2. The van der Waals surface area contributed by atoms with Gasteiger partial charge in [-0.25, -0.2) is 0 Å². The summed E-state index contributed by atoms with van der Waals surface area (Å²) in [6.45, 7) is 3.67. The van der Waals surface area contributed by atoms with Crippen molar-refractivity contribution in [1.82, 2.24) is 14.8 Å². The Bertz CT molecular complexity index is 1250. The summed E-state index contributed by atoms with van der Waals surface area (Å²) >= 11 is 0. The van der Waals surface area contributed by atoms with Crippen LogP contribution in [0.25, 0.3) is 6.08 Å². The standard InChI is InChI=1S/C27H22N4O/c1-2-25(32)31-24-19-27(20-9-5-3-6-10-20,21-14-17-28-18-15-21)16-13-23(24)26(30-31)29-22-11-7-4-8-12-22/h2-18H,1,19H2,(H,29,30). The van der Waals surface area contributed by atoms with Gasteiger partial charge in [-0.05, 0) is 41.5 Å². The quantitative estimate of drug-likeness (QED) is 0.441. The lowest BCUT2D eigenvalue weighted by molar-refractivity contribution is 0.0950. The van der Waals surface area contributed by atoms with Crippen molar-refractivity contribution in [2.45, 2.75) is 11.8 Å². The number of carbonyl (C=O) groups is 1. The van der Waals surface area contributed by atoms with Crippen LogP contribution in [0, 0.1) is 0 Å². The lowest BCUT2D eigenvalue weighted by Gasteiger charge is -2.34. The first-order valence-electron chi connectivity index (χ1n) is 10.5. The van der Waals surface area contributed by atoms with Gasteiger partial charge in [-0.3, -0.25) is 9.78 Å². The highest BCUT2D eigenvalue weighted by Gasteiger charge is 2.38. The molecule has 0 spiro atoms. The Morgan fingerprint density at radius 1 is 0.969 bits per heavy atom. The maximum absolute atomic E-state index is 12.8. The fourth-order valence-electron chi connectivity index (χ4n) is 4.33. The highest BCUT2D eigenvalue weighted by molar-refractivity contribution is 5.91. The normalized spacial score (nSPS) is 16.9. The predicted molar refractivity (Wildman–Crippen MR) is 127 cm³/mol. The van der Waals surface area contributed by atoms with Crippen LogP contribution in [0.3, 0.4) is 0 Å². The number of hydrogen-bond donors (Lipinski definition) is 1. The van der Waals surface area contributed by atoms with Gasteiger partial charge in [0.15, 0.2) is 5.82 Å². The molecule has 1 unspecified atom stereocenters. The first-order chi connectivity index (χ1) is 15.7. The molecular formula is C27H22N4O. The largest absolute Gasteiger partial charge is 0.338 e. The van der Waals surface area contributed by atoms with Crippen molar-refractivity contribution >= 4 is 23.5 Å². The van der Waals surface area contributed by atoms with Gasteiger partial charge in [0, 0.05) is 35.5 Å². The number of rotatable bonds is 5. The Morgan fingerprint density at radius 2 is 1.62 bits per heavy atom. The number of para-hydroxylation sites is 1. The summed E-state index contributed by atoms with van der Waals surface area (Å²) in [6.07, 6.45) is 9.76. The highest BCUT2D eigenvalue weighted by Crippen LogP contribution is 2.43. The van der Waals surface area contributed by atoms with E-state index >= 15 is 0 Å². The second-order valence-corrected chi connectivity index (χ2v) is 7.74. The molecule has 5 heteroatoms. The van der Waals surface area contributed by atoms with Gasteiger partial charge in [0.25, 0.3) is 5.91 Å². The molecule has 1 aliphatic rings. The number of nitrogens with one attached hydrogen (secondary N) is 1. The van der Waals surface area contributed by atoms with Gasteiger partial charge in [0.2, 0.25) is 0 Å². The molecule has 2 aromatic heterocycles. The first kappa shape index (κ1) is 19.7. The fourth-order valence-corrected chi connectivity index (χ4v) is 4.33. The number of anilines is 2. The number of fused-ring (bicyclic) bond motifs is 1. The molecular weight excluding hydrogens is 396 g/mol. The van der Waals surface area contributed by atoms with E-state index in [-0.39, 0.29) is 5.91 Å². The van der Waals surface area contributed by atoms with Crippen molar-refractivity contribution < 1.29 is 4.79 Å². The van der Waals surface area contributed by atoms with Crippen molar-refractivity contribution in [2.75, 3.05) is 5.32 Å². The molecule has 0 bridgehead atoms. The Labute approximate surface area is 186 Å². The van der Waals surface area contributed by atoms with Crippen LogP contribution in [0.15, 0.2) is 104 Å². The summed E-state index contributed by atoms with van der Waals surface area (Å²) in [5, 5.41) is 7.99. The second kappa shape index (κ2) is 8.12. The summed E-state index contributed by atoms with van der Waals surface area (Å²) in [7, 11) is 0. The van der Waals surface area contributed by atoms with E-state index in [0.717, 1.165) is 28.1 Å². The van der Waals surface area contributed by atoms with E-state index in [1.165, 1.54) is 10.8 Å². The van der Waals surface area contributed by atoms with Crippen molar-refractivity contribution in [3.8, 4) is 0 Å². The zero-order chi connectivity index (χ0) is 22.0. The summed E-state index contributed by atoms with van der Waals surface area (Å²) in [5.41, 5.74) is 4.47. The van der Waals surface area contributed by atoms with Crippen LogP contribution >= 0.6 is 0 Å². The van der Waals surface area contributed by atoms with Crippen molar-refractivity contribution in [2.24, 2.45) is 0 Å². The van der Waals surface area contributed by atoms with Crippen molar-refractivity contribution in [3.63, 3.8) is 0 Å². The van der Waals surface area contributed by atoms with E-state index < -0.39 is 5.41 Å². The van der Waals surface area contributed by atoms with Gasteiger partial charge < -0.3 is 5.32 Å². The van der Waals surface area contributed by atoms with Crippen LogP contribution in [-0.4, -0.2) is 20.7 Å². The molecule has 0 saturated carbocycles. The molecule has 1 atom stereocenters. The zero-order valence-corrected chi connectivity index (χ0v) is 17.5. The summed E-state index contributed by atoms with van der Waals surface area (Å²) < 4.78 is 1.47. The minimum Gasteiger partial charge on any atom is -0.338 e. The number of allylic oxidation sites excluding steroid dienone is 2. The molecule has 156 valence electrons. The van der Waals surface area contributed by atoms with Gasteiger partial charge in [0.1, 0.15) is 0 Å². The van der Waals surface area contributed by atoms with Crippen molar-refractivity contribution in [3.05, 3.63) is 126 Å². The molecule has 2 heterocycles. The molecule has 4 aromatic rings. The lowest BCUT2D eigenvalue weighted by Crippen LogP contribution is -2.32. The lowest BCUT2D eigenvalue weighted by atomic mass is 9.69. The van der Waals surface area contributed by atoms with Gasteiger partial charge in [-0.1, -0.05) is 67.3 Å². The molecule has 2 aromatic carbocycles. The number of aromatic nitrogens is 3. The second-order valence-electron chi connectivity index (χ2n) is 7.74. The molecule has 1 aliphatic carbocycles. The predicted octanol–water partition coefficient (Wildman–Crippen LogP) is 5.40. The van der Waals surface area contributed by atoms with Crippen LogP contribution in [0.4, 0.5) is 11.5 Å². The van der Waals surface area contributed by atoms with E-state index in [1.807, 2.05) is 60.7 Å². The summed E-state index contributed by atoms with van der Waals surface area (Å²) in [5.74, 6) is 0.392. The van der Waals surface area contributed by atoms with E-state index in [1.54, 1.807) is 12.4 Å². The molecule has 0 radical (unpaired) electrons. The van der Waals surface area contributed by atoms with Gasteiger partial charge in [-0.2, -0.15) is 4.68 Å². The third-order valence-electron chi connectivity index (χ3n) is 5.91. The number of pyridine rings is 1. The third-order valence-corrected chi connectivity index (χ3v) is 5.91. The van der Waals surface area contributed by atoms with Gasteiger partial charge in [-0.15, -0.1) is 5.10 Å². The molecule has 5 nitrogen and oxygen atoms in total. The topological polar surface area (TPSA) is 59.8 Å². The van der Waals surface area contributed by atoms with E-state index in [2.05, 4.69) is 46.3 Å². The molecule has 1 N–H and O–H groups in total. The number of benzene rings is 2. The zero-order valence-electron chi connectivity index (χ0n) is 17.5. The molecule has 0 saturated heterocycles. The Morgan fingerprint density at radius 3 is 2.31 bits per heavy atom. The molecule has 5 rings (SSSR count). The Hall–Kier alpha value is -4.25. The summed E-state index contributed by atoms with van der Waals surface area (Å²) in [4.78, 5) is 17.0. The van der Waals surface area contributed by atoms with Crippen LogP contribution in [0.5, 0.6) is 0 Å². The molecule has 0 amide bonds. The monoisotopic (exact) mass is 418 g/mol. The molecule has 0 aliphatic heterocycles. The minimum absolute atomic E-state index is 0.255.